The average Bonchev–Trinajstić information content (AvgIpc) is 2.53. The summed E-state index contributed by atoms with van der Waals surface area (Å²) in [5.74, 6) is -0.295. The molecule has 2 rings (SSSR count). The van der Waals surface area contributed by atoms with Gasteiger partial charge >= 0.3 is 0 Å². The van der Waals surface area contributed by atoms with E-state index in [0.717, 1.165) is 0 Å². The van der Waals surface area contributed by atoms with E-state index in [2.05, 4.69) is 25.6 Å². The van der Waals surface area contributed by atoms with Crippen LogP contribution < -0.4 is 15.4 Å². The number of aromatic nitrogens is 2. The monoisotopic (exact) mass is 351 g/mol. The lowest BCUT2D eigenvalue weighted by Crippen LogP contribution is -2.10. The Hall–Kier alpha value is -2.74. The molecule has 0 fully saturated rings. The van der Waals surface area contributed by atoms with Gasteiger partial charge < -0.3 is 10.1 Å². The van der Waals surface area contributed by atoms with Gasteiger partial charge in [-0.2, -0.15) is 9.97 Å². The number of methoxy groups -OCH3 is 1. The van der Waals surface area contributed by atoms with Crippen LogP contribution in [-0.4, -0.2) is 36.2 Å². The molecule has 2 N–H and O–H groups in total. The number of hydrogen-bond donors (Lipinski definition) is 2. The SMILES string of the molecule is CNc1nc(NC(C)=O)nc(Cl)c1N=Cc1ccc(OC)c(F)c1. The van der Waals surface area contributed by atoms with E-state index >= 15 is 0 Å². The zero-order chi connectivity index (χ0) is 17.7. The van der Waals surface area contributed by atoms with Gasteiger partial charge in [0, 0.05) is 20.2 Å². The van der Waals surface area contributed by atoms with E-state index in [9.17, 15) is 9.18 Å². The largest absolute Gasteiger partial charge is 0.494 e. The fourth-order valence-electron chi connectivity index (χ4n) is 1.83. The van der Waals surface area contributed by atoms with E-state index in [1.807, 2.05) is 0 Å². The summed E-state index contributed by atoms with van der Waals surface area (Å²) in [4.78, 5) is 23.3. The van der Waals surface area contributed by atoms with E-state index in [-0.39, 0.29) is 28.4 Å². The molecule has 9 heteroatoms. The number of carbonyl (C=O) groups is 1. The summed E-state index contributed by atoms with van der Waals surface area (Å²) in [7, 11) is 3.02. The molecule has 0 saturated heterocycles. The second-order valence-corrected chi connectivity index (χ2v) is 4.98. The van der Waals surface area contributed by atoms with Crippen LogP contribution in [0.2, 0.25) is 5.15 Å². The van der Waals surface area contributed by atoms with Gasteiger partial charge in [0.25, 0.3) is 0 Å². The first-order valence-electron chi connectivity index (χ1n) is 6.85. The minimum absolute atomic E-state index is 0.0448. The first-order chi connectivity index (χ1) is 11.4. The zero-order valence-corrected chi connectivity index (χ0v) is 14.0. The highest BCUT2D eigenvalue weighted by Crippen LogP contribution is 2.31. The molecule has 0 bridgehead atoms. The lowest BCUT2D eigenvalue weighted by atomic mass is 10.2. The van der Waals surface area contributed by atoms with Gasteiger partial charge in [-0.3, -0.25) is 10.1 Å². The summed E-state index contributed by atoms with van der Waals surface area (Å²) in [6.45, 7) is 1.33. The summed E-state index contributed by atoms with van der Waals surface area (Å²) in [6.07, 6.45) is 1.42. The highest BCUT2D eigenvalue weighted by atomic mass is 35.5. The molecule has 126 valence electrons. The normalized spacial score (nSPS) is 10.7. The van der Waals surface area contributed by atoms with Gasteiger partial charge in [-0.25, -0.2) is 9.38 Å². The fourth-order valence-corrected chi connectivity index (χ4v) is 2.05. The van der Waals surface area contributed by atoms with Crippen molar-refractivity contribution in [3.63, 3.8) is 0 Å². The van der Waals surface area contributed by atoms with Crippen molar-refractivity contribution < 1.29 is 13.9 Å². The van der Waals surface area contributed by atoms with E-state index < -0.39 is 5.82 Å². The molecule has 0 unspecified atom stereocenters. The summed E-state index contributed by atoms with van der Waals surface area (Å²) in [5.41, 5.74) is 0.779. The lowest BCUT2D eigenvalue weighted by Gasteiger charge is -2.08. The van der Waals surface area contributed by atoms with Crippen molar-refractivity contribution in [1.29, 1.82) is 0 Å². The number of amides is 1. The Balaban J connectivity index is 2.34. The summed E-state index contributed by atoms with van der Waals surface area (Å²) >= 11 is 6.09. The number of anilines is 2. The quantitative estimate of drug-likeness (QED) is 0.638. The molecule has 1 amide bonds. The average molecular weight is 352 g/mol. The number of ether oxygens (including phenoxy) is 1. The Bertz CT molecular complexity index is 798. The van der Waals surface area contributed by atoms with Crippen molar-refractivity contribution in [1.82, 2.24) is 9.97 Å². The summed E-state index contributed by atoms with van der Waals surface area (Å²) in [6, 6.07) is 4.42. The predicted octanol–water partition coefficient (Wildman–Crippen LogP) is 3.03. The molecule has 0 aliphatic rings. The number of nitrogens with one attached hydrogen (secondary N) is 2. The molecular weight excluding hydrogens is 337 g/mol. The van der Waals surface area contributed by atoms with Crippen LogP contribution in [0.4, 0.5) is 21.8 Å². The first kappa shape index (κ1) is 17.6. The minimum Gasteiger partial charge on any atom is -0.494 e. The maximum Gasteiger partial charge on any atom is 0.232 e. The van der Waals surface area contributed by atoms with Gasteiger partial charge in [0.05, 0.1) is 7.11 Å². The number of halogens is 2. The third-order valence-corrected chi connectivity index (χ3v) is 3.15. The van der Waals surface area contributed by atoms with Crippen molar-refractivity contribution >= 4 is 41.2 Å². The molecular formula is C15H15ClFN5O2. The maximum absolute atomic E-state index is 13.7. The maximum atomic E-state index is 13.7. The van der Waals surface area contributed by atoms with Gasteiger partial charge in [0.1, 0.15) is 5.69 Å². The number of carbonyl (C=O) groups excluding carboxylic acids is 1. The molecule has 0 spiro atoms. The van der Waals surface area contributed by atoms with Gasteiger partial charge in [0.2, 0.25) is 11.9 Å². The third-order valence-electron chi connectivity index (χ3n) is 2.88. The third kappa shape index (κ3) is 4.17. The van der Waals surface area contributed by atoms with Crippen LogP contribution in [0.1, 0.15) is 12.5 Å². The number of aliphatic imine (C=N–C) groups is 1. The summed E-state index contributed by atoms with van der Waals surface area (Å²) < 4.78 is 18.5. The second kappa shape index (κ2) is 7.69. The Kier molecular flexibility index (Phi) is 5.64. The van der Waals surface area contributed by atoms with E-state index in [0.29, 0.717) is 11.4 Å². The molecule has 7 nitrogen and oxygen atoms in total. The highest BCUT2D eigenvalue weighted by molar-refractivity contribution is 6.32. The minimum atomic E-state index is -0.501. The van der Waals surface area contributed by atoms with Crippen LogP contribution in [-0.2, 0) is 4.79 Å². The molecule has 0 saturated carbocycles. The van der Waals surface area contributed by atoms with Gasteiger partial charge in [0.15, 0.2) is 22.5 Å². The van der Waals surface area contributed by atoms with Gasteiger partial charge in [-0.1, -0.05) is 11.6 Å². The molecule has 0 aliphatic carbocycles. The fraction of sp³-hybridized carbons (Fsp3) is 0.200. The molecule has 0 radical (unpaired) electrons. The Morgan fingerprint density at radius 2 is 2.17 bits per heavy atom. The smallest absolute Gasteiger partial charge is 0.232 e. The first-order valence-corrected chi connectivity index (χ1v) is 7.23. The summed E-state index contributed by atoms with van der Waals surface area (Å²) in [5, 5.41) is 5.31. The van der Waals surface area contributed by atoms with Crippen LogP contribution in [0.5, 0.6) is 5.75 Å². The number of rotatable bonds is 5. The topological polar surface area (TPSA) is 88.5 Å². The van der Waals surface area contributed by atoms with Crippen molar-refractivity contribution in [3.8, 4) is 5.75 Å². The van der Waals surface area contributed by atoms with Crippen LogP contribution in [0.25, 0.3) is 0 Å². The molecule has 0 aliphatic heterocycles. The molecule has 1 aromatic heterocycles. The van der Waals surface area contributed by atoms with E-state index in [4.69, 9.17) is 16.3 Å². The Morgan fingerprint density at radius 3 is 2.75 bits per heavy atom. The molecule has 24 heavy (non-hydrogen) atoms. The predicted molar refractivity (Wildman–Crippen MR) is 91.1 cm³/mol. The Labute approximate surface area is 142 Å². The van der Waals surface area contributed by atoms with Gasteiger partial charge in [-0.05, 0) is 23.8 Å². The van der Waals surface area contributed by atoms with Gasteiger partial charge in [-0.15, -0.1) is 0 Å². The van der Waals surface area contributed by atoms with Crippen molar-refractivity contribution in [2.45, 2.75) is 6.92 Å². The standard InChI is InChI=1S/C15H15ClFN5O2/c1-8(23)20-15-21-13(16)12(14(18-2)22-15)19-7-9-4-5-11(24-3)10(17)6-9/h4-7H,1-3H3,(H2,18,20,21,22,23). The Morgan fingerprint density at radius 1 is 1.42 bits per heavy atom. The van der Waals surface area contributed by atoms with Crippen LogP contribution in [0.15, 0.2) is 23.2 Å². The molecule has 0 atom stereocenters. The molecule has 2 aromatic rings. The number of hydrogen-bond acceptors (Lipinski definition) is 6. The van der Waals surface area contributed by atoms with E-state index in [1.54, 1.807) is 13.1 Å². The van der Waals surface area contributed by atoms with E-state index in [1.165, 1.54) is 32.4 Å². The van der Waals surface area contributed by atoms with Crippen LogP contribution in [0, 0.1) is 5.82 Å². The molecule has 1 heterocycles. The van der Waals surface area contributed by atoms with Crippen LogP contribution in [0.3, 0.4) is 0 Å². The van der Waals surface area contributed by atoms with Crippen molar-refractivity contribution in [2.24, 2.45) is 4.99 Å². The highest BCUT2D eigenvalue weighted by Gasteiger charge is 2.12. The second-order valence-electron chi connectivity index (χ2n) is 4.62. The molecule has 1 aromatic carbocycles. The van der Waals surface area contributed by atoms with Crippen molar-refractivity contribution in [3.05, 3.63) is 34.7 Å². The number of benzene rings is 1. The van der Waals surface area contributed by atoms with Crippen LogP contribution >= 0.6 is 11.6 Å². The number of nitrogens with zero attached hydrogens (tertiary/aromatic N) is 3. The zero-order valence-electron chi connectivity index (χ0n) is 13.2. The van der Waals surface area contributed by atoms with Crippen molar-refractivity contribution in [2.75, 3.05) is 24.8 Å². The lowest BCUT2D eigenvalue weighted by molar-refractivity contribution is -0.114.